The highest BCUT2D eigenvalue weighted by atomic mass is 32.2. The Balaban J connectivity index is 2.85. The monoisotopic (exact) mass is 163 g/mol. The first-order valence-corrected chi connectivity index (χ1v) is 4.74. The van der Waals surface area contributed by atoms with Crippen LogP contribution in [0, 0.1) is 11.3 Å². The van der Waals surface area contributed by atoms with Crippen LogP contribution < -0.4 is 0 Å². The second kappa shape index (κ2) is 4.05. The molecule has 0 aliphatic rings. The third-order valence-electron chi connectivity index (χ3n) is 1.37. The first-order valence-electron chi connectivity index (χ1n) is 3.35. The summed E-state index contributed by atoms with van der Waals surface area (Å²) in [6, 6.07) is 9.83. The van der Waals surface area contributed by atoms with Crippen LogP contribution >= 0.6 is 11.8 Å². The maximum atomic E-state index is 8.57. The van der Waals surface area contributed by atoms with Gasteiger partial charge >= 0.3 is 0 Å². The molecule has 0 fully saturated rings. The van der Waals surface area contributed by atoms with Crippen LogP contribution in [0.15, 0.2) is 24.3 Å². The van der Waals surface area contributed by atoms with Crippen molar-refractivity contribution in [3.05, 3.63) is 35.4 Å². The summed E-state index contributed by atoms with van der Waals surface area (Å²) in [6.45, 7) is 0. The number of nitriles is 1. The van der Waals surface area contributed by atoms with Crippen LogP contribution in [0.4, 0.5) is 0 Å². The summed E-state index contributed by atoms with van der Waals surface area (Å²) < 4.78 is 0. The zero-order valence-corrected chi connectivity index (χ0v) is 7.19. The van der Waals surface area contributed by atoms with Gasteiger partial charge in [0.05, 0.1) is 11.6 Å². The number of benzene rings is 1. The van der Waals surface area contributed by atoms with E-state index in [2.05, 4.69) is 12.3 Å². The Hall–Kier alpha value is -0.940. The number of hydrogen-bond donors (Lipinski definition) is 0. The summed E-state index contributed by atoms with van der Waals surface area (Å²) in [4.78, 5) is 0. The van der Waals surface area contributed by atoms with E-state index in [9.17, 15) is 0 Å². The minimum Gasteiger partial charge on any atom is -0.192 e. The van der Waals surface area contributed by atoms with Crippen LogP contribution in [0.2, 0.25) is 0 Å². The fourth-order valence-electron chi connectivity index (χ4n) is 0.897. The number of nitrogens with zero attached hydrogens (tertiary/aromatic N) is 1. The fourth-order valence-corrected chi connectivity index (χ4v) is 1.41. The molecule has 1 aromatic rings. The quantitative estimate of drug-likeness (QED) is 0.668. The summed E-state index contributed by atoms with van der Waals surface area (Å²) in [7, 11) is 0. The summed E-state index contributed by atoms with van der Waals surface area (Å²) in [6.07, 6.45) is 2.05. The van der Waals surface area contributed by atoms with Gasteiger partial charge in [0.2, 0.25) is 0 Å². The molecule has 0 aliphatic heterocycles. The van der Waals surface area contributed by atoms with Gasteiger partial charge in [0.25, 0.3) is 0 Å². The van der Waals surface area contributed by atoms with E-state index in [1.165, 1.54) is 5.56 Å². The maximum Gasteiger partial charge on any atom is 0.0991 e. The summed E-state index contributed by atoms with van der Waals surface area (Å²) in [5.41, 5.74) is 1.97. The van der Waals surface area contributed by atoms with Crippen molar-refractivity contribution < 1.29 is 0 Å². The minimum absolute atomic E-state index is 0.747. The molecule has 0 N–H and O–H groups in total. The van der Waals surface area contributed by atoms with Gasteiger partial charge in [-0.2, -0.15) is 17.0 Å². The Morgan fingerprint density at radius 1 is 1.55 bits per heavy atom. The van der Waals surface area contributed by atoms with Crippen LogP contribution in [-0.4, -0.2) is 6.26 Å². The van der Waals surface area contributed by atoms with Crippen molar-refractivity contribution in [2.45, 2.75) is 5.75 Å². The van der Waals surface area contributed by atoms with E-state index < -0.39 is 0 Å². The van der Waals surface area contributed by atoms with Gasteiger partial charge in [-0.15, -0.1) is 0 Å². The Morgan fingerprint density at radius 3 is 3.00 bits per heavy atom. The Kier molecular flexibility index (Phi) is 3.00. The Bertz CT molecular complexity index is 275. The molecule has 0 saturated carbocycles. The first kappa shape index (κ1) is 8.16. The molecule has 0 amide bonds. The molecule has 0 aliphatic carbocycles. The van der Waals surface area contributed by atoms with Gasteiger partial charge in [-0.05, 0) is 24.0 Å². The van der Waals surface area contributed by atoms with E-state index in [1.807, 2.05) is 24.3 Å². The SMILES string of the molecule is CSCc1cccc(C#N)c1. The average Bonchev–Trinajstić information content (AvgIpc) is 2.06. The lowest BCUT2D eigenvalue weighted by molar-refractivity contribution is 1.39. The molecule has 2 heteroatoms. The fraction of sp³-hybridized carbons (Fsp3) is 0.222. The topological polar surface area (TPSA) is 23.8 Å². The minimum atomic E-state index is 0.747. The molecule has 56 valence electrons. The summed E-state index contributed by atoms with van der Waals surface area (Å²) in [5, 5.41) is 8.57. The van der Waals surface area contributed by atoms with E-state index in [0.717, 1.165) is 11.3 Å². The highest BCUT2D eigenvalue weighted by Crippen LogP contribution is 2.10. The molecule has 0 aromatic heterocycles. The van der Waals surface area contributed by atoms with Crippen molar-refractivity contribution >= 4 is 11.8 Å². The van der Waals surface area contributed by atoms with E-state index in [-0.39, 0.29) is 0 Å². The van der Waals surface area contributed by atoms with Crippen molar-refractivity contribution in [1.82, 2.24) is 0 Å². The molecule has 1 rings (SSSR count). The van der Waals surface area contributed by atoms with E-state index >= 15 is 0 Å². The number of thioether (sulfide) groups is 1. The van der Waals surface area contributed by atoms with Gasteiger partial charge in [0.15, 0.2) is 0 Å². The van der Waals surface area contributed by atoms with Gasteiger partial charge < -0.3 is 0 Å². The molecule has 0 atom stereocenters. The normalized spacial score (nSPS) is 9.09. The lowest BCUT2D eigenvalue weighted by Gasteiger charge is -1.96. The van der Waals surface area contributed by atoms with Crippen LogP contribution in [0.3, 0.4) is 0 Å². The molecule has 1 aromatic carbocycles. The van der Waals surface area contributed by atoms with Gasteiger partial charge in [-0.3, -0.25) is 0 Å². The molecule has 0 bridgehead atoms. The highest BCUT2D eigenvalue weighted by Gasteiger charge is 1.92. The van der Waals surface area contributed by atoms with Crippen LogP contribution in [-0.2, 0) is 5.75 Å². The second-order valence-electron chi connectivity index (χ2n) is 2.25. The third kappa shape index (κ3) is 2.28. The number of hydrogen-bond acceptors (Lipinski definition) is 2. The molecule has 1 nitrogen and oxygen atoms in total. The smallest absolute Gasteiger partial charge is 0.0991 e. The van der Waals surface area contributed by atoms with Crippen LogP contribution in [0.25, 0.3) is 0 Å². The largest absolute Gasteiger partial charge is 0.192 e. The van der Waals surface area contributed by atoms with E-state index in [0.29, 0.717) is 0 Å². The Morgan fingerprint density at radius 2 is 2.36 bits per heavy atom. The molecular formula is C9H9NS. The Labute approximate surface area is 71.0 Å². The van der Waals surface area contributed by atoms with Crippen LogP contribution in [0.1, 0.15) is 11.1 Å². The van der Waals surface area contributed by atoms with Crippen molar-refractivity contribution in [2.24, 2.45) is 0 Å². The van der Waals surface area contributed by atoms with E-state index in [4.69, 9.17) is 5.26 Å². The molecular weight excluding hydrogens is 154 g/mol. The summed E-state index contributed by atoms with van der Waals surface area (Å²) >= 11 is 1.76. The van der Waals surface area contributed by atoms with Crippen LogP contribution in [0.5, 0.6) is 0 Å². The van der Waals surface area contributed by atoms with Crippen molar-refractivity contribution in [2.75, 3.05) is 6.26 Å². The third-order valence-corrected chi connectivity index (χ3v) is 1.99. The predicted molar refractivity (Wildman–Crippen MR) is 48.4 cm³/mol. The number of rotatable bonds is 2. The lowest BCUT2D eigenvalue weighted by Crippen LogP contribution is -1.80. The van der Waals surface area contributed by atoms with Gasteiger partial charge in [-0.1, -0.05) is 12.1 Å². The van der Waals surface area contributed by atoms with Gasteiger partial charge in [0, 0.05) is 5.75 Å². The zero-order valence-electron chi connectivity index (χ0n) is 6.37. The summed E-state index contributed by atoms with van der Waals surface area (Å²) in [5.74, 6) is 0.982. The molecule has 11 heavy (non-hydrogen) atoms. The van der Waals surface area contributed by atoms with Crippen molar-refractivity contribution in [3.8, 4) is 6.07 Å². The van der Waals surface area contributed by atoms with Crippen molar-refractivity contribution in [3.63, 3.8) is 0 Å². The first-order chi connectivity index (χ1) is 5.36. The second-order valence-corrected chi connectivity index (χ2v) is 3.11. The predicted octanol–water partition coefficient (Wildman–Crippen LogP) is 2.42. The maximum absolute atomic E-state index is 8.57. The molecule has 0 radical (unpaired) electrons. The average molecular weight is 163 g/mol. The van der Waals surface area contributed by atoms with Gasteiger partial charge in [0.1, 0.15) is 0 Å². The molecule has 0 heterocycles. The zero-order chi connectivity index (χ0) is 8.10. The lowest BCUT2D eigenvalue weighted by atomic mass is 10.2. The van der Waals surface area contributed by atoms with E-state index in [1.54, 1.807) is 11.8 Å². The molecule has 0 spiro atoms. The molecule has 0 saturated heterocycles. The highest BCUT2D eigenvalue weighted by molar-refractivity contribution is 7.97. The molecule has 0 unspecified atom stereocenters. The van der Waals surface area contributed by atoms with Gasteiger partial charge in [-0.25, -0.2) is 0 Å². The standard InChI is InChI=1S/C9H9NS/c1-11-7-9-4-2-3-8(5-9)6-10/h2-5H,7H2,1H3. The van der Waals surface area contributed by atoms with Crippen molar-refractivity contribution in [1.29, 1.82) is 5.26 Å².